The molecule has 3 aromatic rings. The zero-order chi connectivity index (χ0) is 20.8. The largest absolute Gasteiger partial charge is 0.416 e. The number of anilines is 1. The fourth-order valence-electron chi connectivity index (χ4n) is 3.35. The van der Waals surface area contributed by atoms with Gasteiger partial charge in [-0.3, -0.25) is 4.79 Å². The molecule has 0 N–H and O–H groups in total. The van der Waals surface area contributed by atoms with E-state index in [0.717, 1.165) is 12.1 Å². The first-order valence-electron chi connectivity index (χ1n) is 8.80. The van der Waals surface area contributed by atoms with Crippen LogP contribution in [0, 0.1) is 12.7 Å². The van der Waals surface area contributed by atoms with Crippen molar-refractivity contribution in [1.82, 2.24) is 10.1 Å². The summed E-state index contributed by atoms with van der Waals surface area (Å²) in [6, 6.07) is 8.60. The van der Waals surface area contributed by atoms with E-state index in [1.807, 2.05) is 0 Å². The number of rotatable bonds is 3. The van der Waals surface area contributed by atoms with Crippen molar-refractivity contribution < 1.29 is 26.9 Å². The lowest BCUT2D eigenvalue weighted by molar-refractivity contribution is -0.137. The molecule has 29 heavy (non-hydrogen) atoms. The minimum Gasteiger partial charge on any atom is -0.334 e. The fourth-order valence-corrected chi connectivity index (χ4v) is 3.35. The summed E-state index contributed by atoms with van der Waals surface area (Å²) >= 11 is 0. The van der Waals surface area contributed by atoms with Gasteiger partial charge in [-0.2, -0.15) is 18.2 Å². The highest BCUT2D eigenvalue weighted by atomic mass is 19.4. The molecule has 0 bridgehead atoms. The summed E-state index contributed by atoms with van der Waals surface area (Å²) < 4.78 is 56.6. The van der Waals surface area contributed by atoms with Gasteiger partial charge in [0.25, 0.3) is 5.89 Å². The summed E-state index contributed by atoms with van der Waals surface area (Å²) in [4.78, 5) is 18.2. The van der Waals surface area contributed by atoms with Crippen molar-refractivity contribution in [3.05, 3.63) is 65.2 Å². The van der Waals surface area contributed by atoms with Gasteiger partial charge in [0.1, 0.15) is 5.82 Å². The van der Waals surface area contributed by atoms with Gasteiger partial charge in [-0.15, -0.1) is 0 Å². The third kappa shape index (κ3) is 3.72. The molecule has 5 nitrogen and oxygen atoms in total. The molecular formula is C20H15F4N3O2. The summed E-state index contributed by atoms with van der Waals surface area (Å²) in [6.07, 6.45) is -4.27. The van der Waals surface area contributed by atoms with Gasteiger partial charge in [-0.05, 0) is 55.0 Å². The SMILES string of the molecule is Cc1cc(F)ccc1N1CC(c2noc(-c3ccc(C(F)(F)F)cc3)n2)CC1=O. The molecule has 2 aromatic carbocycles. The highest BCUT2D eigenvalue weighted by molar-refractivity contribution is 5.97. The van der Waals surface area contributed by atoms with E-state index in [-0.39, 0.29) is 30.0 Å². The fraction of sp³-hybridized carbons (Fsp3) is 0.250. The highest BCUT2D eigenvalue weighted by Gasteiger charge is 2.35. The second-order valence-corrected chi connectivity index (χ2v) is 6.87. The molecule has 0 aliphatic carbocycles. The van der Waals surface area contributed by atoms with E-state index in [1.165, 1.54) is 24.3 Å². The molecule has 1 aliphatic rings. The molecule has 0 saturated carbocycles. The van der Waals surface area contributed by atoms with Crippen molar-refractivity contribution in [3.8, 4) is 11.5 Å². The minimum atomic E-state index is -4.43. The number of halogens is 4. The van der Waals surface area contributed by atoms with Gasteiger partial charge in [-0.25, -0.2) is 4.39 Å². The first-order valence-corrected chi connectivity index (χ1v) is 8.80. The van der Waals surface area contributed by atoms with Gasteiger partial charge in [0, 0.05) is 30.1 Å². The Kier molecular flexibility index (Phi) is 4.60. The summed E-state index contributed by atoms with van der Waals surface area (Å²) in [6.45, 7) is 2.02. The standard InChI is InChI=1S/C20H15F4N3O2/c1-11-8-15(21)6-7-16(11)27-10-13(9-17(27)28)18-25-19(29-26-18)12-2-4-14(5-3-12)20(22,23)24/h2-8,13H,9-10H2,1H3. The quantitative estimate of drug-likeness (QED) is 0.592. The number of hydrogen-bond acceptors (Lipinski definition) is 4. The van der Waals surface area contributed by atoms with Gasteiger partial charge >= 0.3 is 6.18 Å². The maximum absolute atomic E-state index is 13.3. The first-order chi connectivity index (χ1) is 13.7. The van der Waals surface area contributed by atoms with E-state index in [4.69, 9.17) is 4.52 Å². The maximum Gasteiger partial charge on any atom is 0.416 e. The molecule has 1 fully saturated rings. The monoisotopic (exact) mass is 405 g/mol. The van der Waals surface area contributed by atoms with Gasteiger partial charge in [0.05, 0.1) is 5.56 Å². The number of alkyl halides is 3. The molecule has 1 saturated heterocycles. The molecule has 2 heterocycles. The Hall–Kier alpha value is -3.23. The van der Waals surface area contributed by atoms with Gasteiger partial charge in [0.15, 0.2) is 5.82 Å². The van der Waals surface area contributed by atoms with Gasteiger partial charge < -0.3 is 9.42 Å². The van der Waals surface area contributed by atoms with Gasteiger partial charge in [0.2, 0.25) is 5.91 Å². The summed E-state index contributed by atoms with van der Waals surface area (Å²) in [5.41, 5.74) is 0.836. The van der Waals surface area contributed by atoms with Gasteiger partial charge in [-0.1, -0.05) is 5.16 Å². The van der Waals surface area contributed by atoms with Crippen LogP contribution < -0.4 is 4.90 Å². The third-order valence-corrected chi connectivity index (χ3v) is 4.84. The number of amides is 1. The highest BCUT2D eigenvalue weighted by Crippen LogP contribution is 2.34. The second kappa shape index (κ2) is 6.98. The van der Waals surface area contributed by atoms with Crippen LogP contribution in [0.5, 0.6) is 0 Å². The van der Waals surface area contributed by atoms with Crippen molar-refractivity contribution in [1.29, 1.82) is 0 Å². The van der Waals surface area contributed by atoms with E-state index >= 15 is 0 Å². The molecule has 1 aromatic heterocycles. The lowest BCUT2D eigenvalue weighted by Gasteiger charge is -2.18. The van der Waals surface area contributed by atoms with E-state index < -0.39 is 11.7 Å². The number of nitrogens with zero attached hydrogens (tertiary/aromatic N) is 3. The van der Waals surface area contributed by atoms with Crippen molar-refractivity contribution in [2.24, 2.45) is 0 Å². The minimum absolute atomic E-state index is 0.0811. The lowest BCUT2D eigenvalue weighted by Crippen LogP contribution is -2.25. The Bertz CT molecular complexity index is 1060. The average molecular weight is 405 g/mol. The molecule has 0 radical (unpaired) electrons. The van der Waals surface area contributed by atoms with Crippen LogP contribution in [0.3, 0.4) is 0 Å². The number of aryl methyl sites for hydroxylation is 1. The van der Waals surface area contributed by atoms with Crippen LogP contribution in [0.15, 0.2) is 47.0 Å². The zero-order valence-corrected chi connectivity index (χ0v) is 15.2. The van der Waals surface area contributed by atoms with Crippen molar-refractivity contribution in [3.63, 3.8) is 0 Å². The van der Waals surface area contributed by atoms with Crippen molar-refractivity contribution >= 4 is 11.6 Å². The molecule has 1 unspecified atom stereocenters. The smallest absolute Gasteiger partial charge is 0.334 e. The second-order valence-electron chi connectivity index (χ2n) is 6.87. The van der Waals surface area contributed by atoms with Crippen LogP contribution in [0.25, 0.3) is 11.5 Å². The molecule has 9 heteroatoms. The molecule has 1 aliphatic heterocycles. The maximum atomic E-state index is 13.3. The van der Waals surface area contributed by atoms with Crippen LogP contribution in [0.4, 0.5) is 23.2 Å². The van der Waals surface area contributed by atoms with E-state index in [1.54, 1.807) is 17.9 Å². The molecule has 0 spiro atoms. The number of benzene rings is 2. The summed E-state index contributed by atoms with van der Waals surface area (Å²) in [5, 5.41) is 3.90. The molecule has 4 rings (SSSR count). The predicted molar refractivity (Wildman–Crippen MR) is 95.6 cm³/mol. The topological polar surface area (TPSA) is 59.2 Å². The number of hydrogen-bond donors (Lipinski definition) is 0. The molecule has 1 amide bonds. The zero-order valence-electron chi connectivity index (χ0n) is 15.2. The van der Waals surface area contributed by atoms with Crippen molar-refractivity contribution in [2.75, 3.05) is 11.4 Å². The number of carbonyl (C=O) groups excluding carboxylic acids is 1. The van der Waals surface area contributed by atoms with Crippen molar-refractivity contribution in [2.45, 2.75) is 25.4 Å². The molecule has 150 valence electrons. The van der Waals surface area contributed by atoms with E-state index in [2.05, 4.69) is 10.1 Å². The van der Waals surface area contributed by atoms with Crippen LogP contribution in [0.1, 0.15) is 29.3 Å². The number of aromatic nitrogens is 2. The van der Waals surface area contributed by atoms with E-state index in [0.29, 0.717) is 29.2 Å². The Morgan fingerprint density at radius 3 is 2.52 bits per heavy atom. The normalized spacial score (nSPS) is 17.2. The lowest BCUT2D eigenvalue weighted by atomic mass is 10.1. The average Bonchev–Trinajstić information content (AvgIpc) is 3.28. The number of carbonyl (C=O) groups is 1. The Balaban J connectivity index is 1.53. The van der Waals surface area contributed by atoms with E-state index in [9.17, 15) is 22.4 Å². The Morgan fingerprint density at radius 1 is 1.14 bits per heavy atom. The summed E-state index contributed by atoms with van der Waals surface area (Å²) in [5.74, 6) is -0.480. The Labute approximate surface area is 162 Å². The van der Waals surface area contributed by atoms with Crippen LogP contribution in [-0.2, 0) is 11.0 Å². The molecule has 1 atom stereocenters. The van der Waals surface area contributed by atoms with Crippen LogP contribution in [0.2, 0.25) is 0 Å². The summed E-state index contributed by atoms with van der Waals surface area (Å²) in [7, 11) is 0. The third-order valence-electron chi connectivity index (χ3n) is 4.84. The first kappa shape index (κ1) is 19.1. The van der Waals surface area contributed by atoms with Crippen LogP contribution in [-0.4, -0.2) is 22.6 Å². The van der Waals surface area contributed by atoms with Crippen LogP contribution >= 0.6 is 0 Å². The Morgan fingerprint density at radius 2 is 1.86 bits per heavy atom. The molecular weight excluding hydrogens is 390 g/mol. The predicted octanol–water partition coefficient (Wildman–Crippen LogP) is 4.72.